The molecule has 1 fully saturated rings. The molecule has 2 aromatic heterocycles. The lowest BCUT2D eigenvalue weighted by Gasteiger charge is -2.04. The van der Waals surface area contributed by atoms with Gasteiger partial charge in [0.2, 0.25) is 0 Å². The molecule has 1 aliphatic rings. The molecule has 0 aliphatic heterocycles. The summed E-state index contributed by atoms with van der Waals surface area (Å²) in [7, 11) is 0. The molecule has 0 amide bonds. The predicted molar refractivity (Wildman–Crippen MR) is 59.4 cm³/mol. The molecule has 5 nitrogen and oxygen atoms in total. The van der Waals surface area contributed by atoms with Gasteiger partial charge in [-0.2, -0.15) is 0 Å². The van der Waals surface area contributed by atoms with Gasteiger partial charge in [0.25, 0.3) is 0 Å². The minimum Gasteiger partial charge on any atom is -0.384 e. The van der Waals surface area contributed by atoms with Gasteiger partial charge in [0, 0.05) is 29.9 Å². The third-order valence-corrected chi connectivity index (χ3v) is 2.56. The summed E-state index contributed by atoms with van der Waals surface area (Å²) in [5, 5.41) is 0. The highest BCUT2D eigenvalue weighted by molar-refractivity contribution is 5.59. The summed E-state index contributed by atoms with van der Waals surface area (Å²) in [5.74, 6) is 1.85. The van der Waals surface area contributed by atoms with Crippen molar-refractivity contribution in [1.82, 2.24) is 19.9 Å². The lowest BCUT2D eigenvalue weighted by Crippen LogP contribution is -2.00. The molecule has 1 saturated carbocycles. The highest BCUT2D eigenvalue weighted by atomic mass is 15.0. The molecular formula is C11H11N5. The second kappa shape index (κ2) is 3.52. The van der Waals surface area contributed by atoms with E-state index in [0.29, 0.717) is 11.7 Å². The van der Waals surface area contributed by atoms with Gasteiger partial charge in [-0.3, -0.25) is 0 Å². The smallest absolute Gasteiger partial charge is 0.134 e. The Hall–Kier alpha value is -2.04. The average Bonchev–Trinajstić information content (AvgIpc) is 3.13. The first kappa shape index (κ1) is 9.21. The SMILES string of the molecule is Nc1cc(-c2cncnc2)nc(C2CC2)n1. The van der Waals surface area contributed by atoms with Crippen LogP contribution >= 0.6 is 0 Å². The van der Waals surface area contributed by atoms with Gasteiger partial charge in [-0.25, -0.2) is 19.9 Å². The molecule has 0 aromatic carbocycles. The summed E-state index contributed by atoms with van der Waals surface area (Å²) >= 11 is 0. The highest BCUT2D eigenvalue weighted by Gasteiger charge is 2.27. The normalized spacial score (nSPS) is 15.0. The van der Waals surface area contributed by atoms with E-state index in [4.69, 9.17) is 5.73 Å². The van der Waals surface area contributed by atoms with E-state index in [2.05, 4.69) is 19.9 Å². The number of aromatic nitrogens is 4. The van der Waals surface area contributed by atoms with Crippen LogP contribution in [0.2, 0.25) is 0 Å². The fourth-order valence-corrected chi connectivity index (χ4v) is 1.59. The summed E-state index contributed by atoms with van der Waals surface area (Å²) in [4.78, 5) is 16.7. The van der Waals surface area contributed by atoms with Crippen molar-refractivity contribution >= 4 is 5.82 Å². The summed E-state index contributed by atoms with van der Waals surface area (Å²) < 4.78 is 0. The maximum atomic E-state index is 5.77. The number of anilines is 1. The molecule has 2 heterocycles. The molecule has 80 valence electrons. The summed E-state index contributed by atoms with van der Waals surface area (Å²) in [6.45, 7) is 0. The van der Waals surface area contributed by atoms with Gasteiger partial charge >= 0.3 is 0 Å². The van der Waals surface area contributed by atoms with Gasteiger partial charge in [-0.15, -0.1) is 0 Å². The van der Waals surface area contributed by atoms with Crippen molar-refractivity contribution in [1.29, 1.82) is 0 Å². The van der Waals surface area contributed by atoms with E-state index in [-0.39, 0.29) is 0 Å². The first-order chi connectivity index (χ1) is 7.83. The fraction of sp³-hybridized carbons (Fsp3) is 0.273. The number of nitrogens with two attached hydrogens (primary N) is 1. The van der Waals surface area contributed by atoms with Crippen molar-refractivity contribution in [2.75, 3.05) is 5.73 Å². The van der Waals surface area contributed by atoms with E-state index >= 15 is 0 Å². The Morgan fingerprint density at radius 1 is 1.12 bits per heavy atom. The quantitative estimate of drug-likeness (QED) is 0.815. The molecule has 0 saturated heterocycles. The summed E-state index contributed by atoms with van der Waals surface area (Å²) in [6.07, 6.45) is 7.27. The van der Waals surface area contributed by atoms with Crippen LogP contribution in [0, 0.1) is 0 Å². The number of hydrogen-bond donors (Lipinski definition) is 1. The van der Waals surface area contributed by atoms with E-state index in [1.165, 1.54) is 6.33 Å². The second-order valence-corrected chi connectivity index (χ2v) is 3.94. The van der Waals surface area contributed by atoms with E-state index in [1.807, 2.05) is 0 Å². The van der Waals surface area contributed by atoms with Gasteiger partial charge < -0.3 is 5.73 Å². The minimum atomic E-state index is 0.492. The maximum absolute atomic E-state index is 5.77. The lowest BCUT2D eigenvalue weighted by molar-refractivity contribution is 0.934. The van der Waals surface area contributed by atoms with Gasteiger partial charge in [0.1, 0.15) is 18.0 Å². The van der Waals surface area contributed by atoms with Crippen LogP contribution in [0.1, 0.15) is 24.6 Å². The van der Waals surface area contributed by atoms with Crippen LogP contribution in [-0.4, -0.2) is 19.9 Å². The topological polar surface area (TPSA) is 77.6 Å². The largest absolute Gasteiger partial charge is 0.384 e. The number of hydrogen-bond acceptors (Lipinski definition) is 5. The molecule has 2 N–H and O–H groups in total. The number of rotatable bonds is 2. The van der Waals surface area contributed by atoms with Gasteiger partial charge in [-0.05, 0) is 12.8 Å². The van der Waals surface area contributed by atoms with Gasteiger partial charge in [-0.1, -0.05) is 0 Å². The standard InChI is InChI=1S/C11H11N5/c12-10-3-9(8-4-13-6-14-5-8)15-11(16-10)7-1-2-7/h3-7H,1-2H2,(H2,12,15,16). The summed E-state index contributed by atoms with van der Waals surface area (Å²) in [6, 6.07) is 1.75. The Morgan fingerprint density at radius 3 is 2.56 bits per heavy atom. The molecular weight excluding hydrogens is 202 g/mol. The molecule has 2 aromatic rings. The van der Waals surface area contributed by atoms with Crippen LogP contribution in [0.5, 0.6) is 0 Å². The van der Waals surface area contributed by atoms with Gasteiger partial charge in [0.05, 0.1) is 5.69 Å². The zero-order valence-electron chi connectivity index (χ0n) is 8.67. The average molecular weight is 213 g/mol. The molecule has 3 rings (SSSR count). The minimum absolute atomic E-state index is 0.492. The Kier molecular flexibility index (Phi) is 2.02. The molecule has 0 bridgehead atoms. The van der Waals surface area contributed by atoms with Crippen LogP contribution in [0.25, 0.3) is 11.3 Å². The van der Waals surface area contributed by atoms with Crippen LogP contribution in [0.15, 0.2) is 24.8 Å². The maximum Gasteiger partial charge on any atom is 0.134 e. The third-order valence-electron chi connectivity index (χ3n) is 2.56. The monoisotopic (exact) mass is 213 g/mol. The molecule has 16 heavy (non-hydrogen) atoms. The number of nitrogen functional groups attached to an aromatic ring is 1. The Bertz CT molecular complexity index is 507. The Balaban J connectivity index is 2.06. The van der Waals surface area contributed by atoms with Crippen LogP contribution in [0.4, 0.5) is 5.82 Å². The summed E-state index contributed by atoms with van der Waals surface area (Å²) in [5.41, 5.74) is 7.44. The van der Waals surface area contributed by atoms with Crippen molar-refractivity contribution in [2.24, 2.45) is 0 Å². The fourth-order valence-electron chi connectivity index (χ4n) is 1.59. The van der Waals surface area contributed by atoms with E-state index in [0.717, 1.165) is 29.9 Å². The predicted octanol–water partition coefficient (Wildman–Crippen LogP) is 1.39. The third kappa shape index (κ3) is 1.71. The lowest BCUT2D eigenvalue weighted by atomic mass is 10.2. The van der Waals surface area contributed by atoms with Crippen molar-refractivity contribution < 1.29 is 0 Å². The van der Waals surface area contributed by atoms with E-state index in [9.17, 15) is 0 Å². The Morgan fingerprint density at radius 2 is 1.88 bits per heavy atom. The van der Waals surface area contributed by atoms with E-state index < -0.39 is 0 Å². The van der Waals surface area contributed by atoms with Crippen molar-refractivity contribution in [2.45, 2.75) is 18.8 Å². The molecule has 0 radical (unpaired) electrons. The molecule has 0 unspecified atom stereocenters. The van der Waals surface area contributed by atoms with Crippen LogP contribution in [-0.2, 0) is 0 Å². The first-order valence-electron chi connectivity index (χ1n) is 5.23. The van der Waals surface area contributed by atoms with Crippen molar-refractivity contribution in [3.63, 3.8) is 0 Å². The number of nitrogens with zero attached hydrogens (tertiary/aromatic N) is 4. The van der Waals surface area contributed by atoms with E-state index in [1.54, 1.807) is 18.5 Å². The van der Waals surface area contributed by atoms with Crippen LogP contribution < -0.4 is 5.73 Å². The zero-order valence-corrected chi connectivity index (χ0v) is 8.67. The molecule has 0 atom stereocenters. The molecule has 0 spiro atoms. The Labute approximate surface area is 92.8 Å². The molecule has 1 aliphatic carbocycles. The van der Waals surface area contributed by atoms with Crippen molar-refractivity contribution in [3.8, 4) is 11.3 Å². The first-order valence-corrected chi connectivity index (χ1v) is 5.23. The zero-order chi connectivity index (χ0) is 11.0. The molecule has 5 heteroatoms. The van der Waals surface area contributed by atoms with Crippen molar-refractivity contribution in [3.05, 3.63) is 30.6 Å². The second-order valence-electron chi connectivity index (χ2n) is 3.94. The highest BCUT2D eigenvalue weighted by Crippen LogP contribution is 2.38. The van der Waals surface area contributed by atoms with Gasteiger partial charge in [0.15, 0.2) is 0 Å². The van der Waals surface area contributed by atoms with Crippen LogP contribution in [0.3, 0.4) is 0 Å².